The Morgan fingerprint density at radius 1 is 1.53 bits per heavy atom. The average molecular weight is 247 g/mol. The Bertz CT molecular complexity index is 378. The van der Waals surface area contributed by atoms with Gasteiger partial charge in [-0.3, -0.25) is 0 Å². The largest absolute Gasteiger partial charge is 0.393 e. The van der Waals surface area contributed by atoms with Crippen molar-refractivity contribution in [2.75, 3.05) is 6.54 Å². The van der Waals surface area contributed by atoms with Crippen LogP contribution in [0.2, 0.25) is 10.2 Å². The summed E-state index contributed by atoms with van der Waals surface area (Å²) < 4.78 is 0. The van der Waals surface area contributed by atoms with Gasteiger partial charge in [-0.1, -0.05) is 23.2 Å². The summed E-state index contributed by atoms with van der Waals surface area (Å²) >= 11 is 11.8. The summed E-state index contributed by atoms with van der Waals surface area (Å²) in [5, 5.41) is 10.3. The molecule has 1 aliphatic rings. The summed E-state index contributed by atoms with van der Waals surface area (Å²) in [5.41, 5.74) is 6.42. The smallest absolute Gasteiger partial charge is 0.130 e. The van der Waals surface area contributed by atoms with Crippen LogP contribution in [0, 0.1) is 0 Å². The van der Waals surface area contributed by atoms with Crippen LogP contribution in [0.3, 0.4) is 0 Å². The molecule has 1 aliphatic carbocycles. The third-order valence-electron chi connectivity index (χ3n) is 3.03. The molecule has 1 saturated carbocycles. The fraction of sp³-hybridized carbons (Fsp3) is 0.500. The Labute approximate surface area is 98.2 Å². The number of hydrogen-bond acceptors (Lipinski definition) is 3. The van der Waals surface area contributed by atoms with Gasteiger partial charge in [0.05, 0.1) is 6.10 Å². The highest BCUT2D eigenvalue weighted by Crippen LogP contribution is 2.45. The van der Waals surface area contributed by atoms with Crippen LogP contribution in [0.15, 0.2) is 12.3 Å². The summed E-state index contributed by atoms with van der Waals surface area (Å²) in [5.74, 6) is 0. The van der Waals surface area contributed by atoms with Crippen molar-refractivity contribution in [2.24, 2.45) is 5.73 Å². The van der Waals surface area contributed by atoms with E-state index in [1.54, 1.807) is 12.3 Å². The zero-order chi connectivity index (χ0) is 11.1. The fourth-order valence-electron chi connectivity index (χ4n) is 2.14. The Morgan fingerprint density at radius 3 is 2.67 bits per heavy atom. The third-order valence-corrected chi connectivity index (χ3v) is 3.55. The van der Waals surface area contributed by atoms with E-state index >= 15 is 0 Å². The molecule has 0 spiro atoms. The molecule has 82 valence electrons. The molecule has 5 heteroatoms. The Balaban J connectivity index is 2.36. The molecule has 0 aliphatic heterocycles. The second kappa shape index (κ2) is 3.91. The van der Waals surface area contributed by atoms with Gasteiger partial charge in [0.1, 0.15) is 5.15 Å². The fourth-order valence-corrected chi connectivity index (χ4v) is 2.70. The van der Waals surface area contributed by atoms with E-state index in [9.17, 15) is 5.11 Å². The van der Waals surface area contributed by atoms with Crippen LogP contribution in [-0.2, 0) is 5.41 Å². The van der Waals surface area contributed by atoms with Crippen LogP contribution < -0.4 is 5.73 Å². The molecule has 0 amide bonds. The number of hydrogen-bond donors (Lipinski definition) is 2. The van der Waals surface area contributed by atoms with Crippen molar-refractivity contribution in [3.63, 3.8) is 0 Å². The van der Waals surface area contributed by atoms with Gasteiger partial charge in [-0.2, -0.15) is 0 Å². The van der Waals surface area contributed by atoms with E-state index in [2.05, 4.69) is 4.98 Å². The monoisotopic (exact) mass is 246 g/mol. The minimum absolute atomic E-state index is 0.214. The zero-order valence-electron chi connectivity index (χ0n) is 8.08. The molecule has 1 aromatic rings. The van der Waals surface area contributed by atoms with E-state index in [4.69, 9.17) is 28.9 Å². The quantitative estimate of drug-likeness (QED) is 0.782. The lowest BCUT2D eigenvalue weighted by atomic mass is 9.63. The third kappa shape index (κ3) is 1.85. The summed E-state index contributed by atoms with van der Waals surface area (Å²) in [6.07, 6.45) is 2.67. The maximum absolute atomic E-state index is 9.38. The molecule has 0 atom stereocenters. The molecule has 0 saturated heterocycles. The first kappa shape index (κ1) is 11.1. The molecule has 1 aromatic heterocycles. The van der Waals surface area contributed by atoms with Crippen molar-refractivity contribution in [3.05, 3.63) is 28.0 Å². The molecule has 0 aromatic carbocycles. The first-order valence-electron chi connectivity index (χ1n) is 4.77. The van der Waals surface area contributed by atoms with E-state index in [0.717, 1.165) is 5.56 Å². The SMILES string of the molecule is NCC1(c2cnc(Cl)cc2Cl)CC(O)C1. The summed E-state index contributed by atoms with van der Waals surface area (Å²) in [6, 6.07) is 1.61. The van der Waals surface area contributed by atoms with Gasteiger partial charge in [-0.25, -0.2) is 4.98 Å². The lowest BCUT2D eigenvalue weighted by Gasteiger charge is -2.45. The van der Waals surface area contributed by atoms with Crippen LogP contribution in [0.5, 0.6) is 0 Å². The summed E-state index contributed by atoms with van der Waals surface area (Å²) in [4.78, 5) is 4.00. The molecule has 15 heavy (non-hydrogen) atoms. The van der Waals surface area contributed by atoms with Crippen LogP contribution >= 0.6 is 23.2 Å². The van der Waals surface area contributed by atoms with Gasteiger partial charge in [0, 0.05) is 23.2 Å². The highest BCUT2D eigenvalue weighted by Gasteiger charge is 2.45. The van der Waals surface area contributed by atoms with Crippen molar-refractivity contribution < 1.29 is 5.11 Å². The number of rotatable bonds is 2. The first-order valence-corrected chi connectivity index (χ1v) is 5.53. The number of aromatic nitrogens is 1. The maximum atomic E-state index is 9.38. The second-order valence-electron chi connectivity index (χ2n) is 4.03. The highest BCUT2D eigenvalue weighted by atomic mass is 35.5. The Kier molecular flexibility index (Phi) is 2.90. The van der Waals surface area contributed by atoms with Crippen LogP contribution in [-0.4, -0.2) is 22.7 Å². The van der Waals surface area contributed by atoms with Crippen molar-refractivity contribution in [1.82, 2.24) is 4.98 Å². The lowest BCUT2D eigenvalue weighted by molar-refractivity contribution is 0.0221. The van der Waals surface area contributed by atoms with Crippen molar-refractivity contribution >= 4 is 23.2 Å². The molecule has 0 bridgehead atoms. The predicted molar refractivity (Wildman–Crippen MR) is 60.2 cm³/mol. The molecule has 0 radical (unpaired) electrons. The van der Waals surface area contributed by atoms with E-state index in [-0.39, 0.29) is 11.5 Å². The summed E-state index contributed by atoms with van der Waals surface area (Å²) in [6.45, 7) is 0.465. The van der Waals surface area contributed by atoms with E-state index in [1.807, 2.05) is 0 Å². The standard InChI is InChI=1S/C10H12Cl2N2O/c11-8-1-9(12)14-4-7(8)10(5-13)2-6(15)3-10/h1,4,6,15H,2-3,5,13H2. The normalized spacial score (nSPS) is 30.0. The number of aliphatic hydroxyl groups excluding tert-OH is 1. The zero-order valence-corrected chi connectivity index (χ0v) is 9.59. The molecular formula is C10H12Cl2N2O. The maximum Gasteiger partial charge on any atom is 0.130 e. The minimum Gasteiger partial charge on any atom is -0.393 e. The molecule has 3 N–H and O–H groups in total. The van der Waals surface area contributed by atoms with Gasteiger partial charge in [-0.05, 0) is 24.5 Å². The van der Waals surface area contributed by atoms with Crippen LogP contribution in [0.4, 0.5) is 0 Å². The second-order valence-corrected chi connectivity index (χ2v) is 4.83. The van der Waals surface area contributed by atoms with Gasteiger partial charge < -0.3 is 10.8 Å². The number of aliphatic hydroxyl groups is 1. The van der Waals surface area contributed by atoms with E-state index in [1.165, 1.54) is 0 Å². The van der Waals surface area contributed by atoms with E-state index in [0.29, 0.717) is 29.6 Å². The van der Waals surface area contributed by atoms with Crippen LogP contribution in [0.1, 0.15) is 18.4 Å². The topological polar surface area (TPSA) is 59.1 Å². The predicted octanol–water partition coefficient (Wildman–Crippen LogP) is 1.74. The van der Waals surface area contributed by atoms with Crippen LogP contribution in [0.25, 0.3) is 0 Å². The lowest BCUT2D eigenvalue weighted by Crippen LogP contribution is -2.50. The van der Waals surface area contributed by atoms with Gasteiger partial charge in [0.2, 0.25) is 0 Å². The first-order chi connectivity index (χ1) is 7.07. The number of pyridine rings is 1. The van der Waals surface area contributed by atoms with Gasteiger partial charge >= 0.3 is 0 Å². The molecular weight excluding hydrogens is 235 g/mol. The number of nitrogens with two attached hydrogens (primary N) is 1. The molecule has 0 unspecified atom stereocenters. The minimum atomic E-state index is -0.278. The average Bonchev–Trinajstić information content (AvgIpc) is 2.13. The molecule has 1 fully saturated rings. The number of halogens is 2. The van der Waals surface area contributed by atoms with Gasteiger partial charge in [-0.15, -0.1) is 0 Å². The Hall–Kier alpha value is -0.350. The molecule has 2 rings (SSSR count). The van der Waals surface area contributed by atoms with Crippen molar-refractivity contribution in [3.8, 4) is 0 Å². The number of nitrogens with zero attached hydrogens (tertiary/aromatic N) is 1. The molecule has 3 nitrogen and oxygen atoms in total. The van der Waals surface area contributed by atoms with Gasteiger partial charge in [0.25, 0.3) is 0 Å². The van der Waals surface area contributed by atoms with Gasteiger partial charge in [0.15, 0.2) is 0 Å². The Morgan fingerprint density at radius 2 is 2.20 bits per heavy atom. The highest BCUT2D eigenvalue weighted by molar-refractivity contribution is 6.34. The van der Waals surface area contributed by atoms with E-state index < -0.39 is 0 Å². The molecule has 1 heterocycles. The van der Waals surface area contributed by atoms with Crippen molar-refractivity contribution in [1.29, 1.82) is 0 Å². The summed E-state index contributed by atoms with van der Waals surface area (Å²) in [7, 11) is 0. The van der Waals surface area contributed by atoms with Crippen molar-refractivity contribution in [2.45, 2.75) is 24.4 Å².